The highest BCUT2D eigenvalue weighted by molar-refractivity contribution is 6.12. The maximum absolute atomic E-state index is 13.0. The molecule has 1 aliphatic heterocycles. The molecule has 4 aromatic rings. The first-order chi connectivity index (χ1) is 18.4. The van der Waals surface area contributed by atoms with Crippen LogP contribution in [0.15, 0.2) is 77.7 Å². The van der Waals surface area contributed by atoms with Crippen molar-refractivity contribution in [2.24, 2.45) is 0 Å². The number of nitro groups is 1. The van der Waals surface area contributed by atoms with E-state index in [0.29, 0.717) is 35.5 Å². The van der Waals surface area contributed by atoms with Crippen molar-refractivity contribution in [1.82, 2.24) is 4.57 Å². The zero-order valence-corrected chi connectivity index (χ0v) is 20.7. The Hall–Kier alpha value is -5.12. The lowest BCUT2D eigenvalue weighted by Crippen LogP contribution is -2.21. The maximum atomic E-state index is 13.0. The number of ether oxygens (including phenoxy) is 2. The molecule has 2 N–H and O–H groups in total. The Labute approximate surface area is 217 Å². The summed E-state index contributed by atoms with van der Waals surface area (Å²) in [5.41, 5.74) is 4.52. The second-order valence-corrected chi connectivity index (χ2v) is 8.69. The lowest BCUT2D eigenvalue weighted by atomic mass is 10.0. The summed E-state index contributed by atoms with van der Waals surface area (Å²) in [6, 6.07) is 19.1. The number of aromatic nitrogens is 1. The number of hydrogen-bond donors (Lipinski definition) is 2. The Morgan fingerprint density at radius 2 is 1.61 bits per heavy atom. The molecule has 0 unspecified atom stereocenters. The van der Waals surface area contributed by atoms with Gasteiger partial charge < -0.3 is 24.7 Å². The van der Waals surface area contributed by atoms with E-state index < -0.39 is 4.92 Å². The van der Waals surface area contributed by atoms with Crippen molar-refractivity contribution >= 4 is 28.7 Å². The summed E-state index contributed by atoms with van der Waals surface area (Å²) < 4.78 is 11.9. The minimum Gasteiger partial charge on any atom is -0.491 e. The molecular weight excluding hydrogens is 488 g/mol. The molecule has 0 bridgehead atoms. The average Bonchev–Trinajstić information content (AvgIpc) is 3.06. The normalized spacial score (nSPS) is 11.9. The summed E-state index contributed by atoms with van der Waals surface area (Å²) in [6.07, 6.45) is 2.29. The molecule has 0 atom stereocenters. The molecule has 0 saturated heterocycles. The molecule has 2 heterocycles. The van der Waals surface area contributed by atoms with Gasteiger partial charge in [0.25, 0.3) is 11.5 Å². The standard InChI is InChI=1S/C28H24N4O6/c1-37-25-4-3-12-31(28(25)34)13-11-17-5-9-21-23(14-17)30-27(33)20-8-6-18(15-22(20)29-21)19-7-10-24(32(35)36)26(16-19)38-2/h3-10,12,14-16,29H,11,13H2,1-2H3,(H,30,33). The van der Waals surface area contributed by atoms with Crippen LogP contribution in [0, 0.1) is 10.1 Å². The average molecular weight is 513 g/mol. The third-order valence-electron chi connectivity index (χ3n) is 6.42. The molecule has 0 spiro atoms. The molecular formula is C28H24N4O6. The first-order valence-corrected chi connectivity index (χ1v) is 11.8. The van der Waals surface area contributed by atoms with Gasteiger partial charge in [0, 0.05) is 18.8 Å². The monoisotopic (exact) mass is 512 g/mol. The number of pyridine rings is 1. The van der Waals surface area contributed by atoms with E-state index in [0.717, 1.165) is 16.8 Å². The number of benzene rings is 3. The second-order valence-electron chi connectivity index (χ2n) is 8.69. The van der Waals surface area contributed by atoms with E-state index in [2.05, 4.69) is 10.6 Å². The van der Waals surface area contributed by atoms with Gasteiger partial charge in [0.1, 0.15) is 0 Å². The molecule has 0 aliphatic carbocycles. The van der Waals surface area contributed by atoms with E-state index >= 15 is 0 Å². The molecule has 1 aromatic heterocycles. The van der Waals surface area contributed by atoms with Gasteiger partial charge in [-0.3, -0.25) is 19.7 Å². The number of nitrogens with one attached hydrogen (secondary N) is 2. The Bertz CT molecular complexity index is 1630. The van der Waals surface area contributed by atoms with Crippen LogP contribution in [0.2, 0.25) is 0 Å². The van der Waals surface area contributed by atoms with Crippen LogP contribution >= 0.6 is 0 Å². The number of anilines is 3. The zero-order valence-electron chi connectivity index (χ0n) is 20.7. The van der Waals surface area contributed by atoms with Crippen molar-refractivity contribution in [2.45, 2.75) is 13.0 Å². The number of methoxy groups -OCH3 is 2. The molecule has 1 aliphatic rings. The van der Waals surface area contributed by atoms with Crippen molar-refractivity contribution in [3.63, 3.8) is 0 Å². The second kappa shape index (κ2) is 10.1. The summed E-state index contributed by atoms with van der Waals surface area (Å²) in [5.74, 6) is 0.178. The predicted molar refractivity (Wildman–Crippen MR) is 144 cm³/mol. The number of carbonyl (C=O) groups excluding carboxylic acids is 1. The van der Waals surface area contributed by atoms with Gasteiger partial charge in [-0.15, -0.1) is 0 Å². The van der Waals surface area contributed by atoms with Crippen LogP contribution in [0.25, 0.3) is 11.1 Å². The third-order valence-corrected chi connectivity index (χ3v) is 6.42. The van der Waals surface area contributed by atoms with Crippen LogP contribution in [0.4, 0.5) is 22.7 Å². The first-order valence-electron chi connectivity index (χ1n) is 11.8. The number of aryl methyl sites for hydroxylation is 2. The topological polar surface area (TPSA) is 125 Å². The number of carbonyl (C=O) groups is 1. The van der Waals surface area contributed by atoms with E-state index in [-0.39, 0.29) is 28.7 Å². The fourth-order valence-electron chi connectivity index (χ4n) is 4.42. The summed E-state index contributed by atoms with van der Waals surface area (Å²) >= 11 is 0. The minimum atomic E-state index is -0.494. The first kappa shape index (κ1) is 24.6. The number of nitrogens with zero attached hydrogens (tertiary/aromatic N) is 2. The largest absolute Gasteiger partial charge is 0.491 e. The molecule has 0 saturated carbocycles. The lowest BCUT2D eigenvalue weighted by Gasteiger charge is -2.12. The van der Waals surface area contributed by atoms with Crippen LogP contribution < -0.4 is 25.7 Å². The predicted octanol–water partition coefficient (Wildman–Crippen LogP) is 4.99. The van der Waals surface area contributed by atoms with E-state index in [4.69, 9.17) is 9.47 Å². The Balaban J connectivity index is 1.41. The number of amides is 1. The van der Waals surface area contributed by atoms with E-state index in [9.17, 15) is 19.7 Å². The van der Waals surface area contributed by atoms with Crippen molar-refractivity contribution in [3.8, 4) is 22.6 Å². The summed E-state index contributed by atoms with van der Waals surface area (Å²) in [5, 5.41) is 17.5. The molecule has 10 nitrogen and oxygen atoms in total. The lowest BCUT2D eigenvalue weighted by molar-refractivity contribution is -0.385. The number of hydrogen-bond acceptors (Lipinski definition) is 7. The van der Waals surface area contributed by atoms with Crippen LogP contribution in [-0.4, -0.2) is 29.6 Å². The van der Waals surface area contributed by atoms with Crippen molar-refractivity contribution < 1.29 is 19.2 Å². The highest BCUT2D eigenvalue weighted by atomic mass is 16.6. The quantitative estimate of drug-likeness (QED) is 0.264. The van der Waals surface area contributed by atoms with Gasteiger partial charge >= 0.3 is 5.69 Å². The molecule has 0 fully saturated rings. The number of nitro benzene ring substituents is 1. The molecule has 10 heteroatoms. The molecule has 192 valence electrons. The molecule has 3 aromatic carbocycles. The molecule has 0 radical (unpaired) electrons. The van der Waals surface area contributed by atoms with E-state index in [1.807, 2.05) is 24.3 Å². The summed E-state index contributed by atoms with van der Waals surface area (Å²) in [7, 11) is 2.85. The van der Waals surface area contributed by atoms with Gasteiger partial charge in [0.05, 0.1) is 41.8 Å². The third kappa shape index (κ3) is 4.66. The van der Waals surface area contributed by atoms with Crippen molar-refractivity contribution in [3.05, 3.63) is 105 Å². The van der Waals surface area contributed by atoms with E-state index in [1.54, 1.807) is 47.2 Å². The highest BCUT2D eigenvalue weighted by Gasteiger charge is 2.21. The number of fused-ring (bicyclic) bond motifs is 2. The summed E-state index contributed by atoms with van der Waals surface area (Å²) in [4.78, 5) is 36.2. The van der Waals surface area contributed by atoms with Crippen molar-refractivity contribution in [2.75, 3.05) is 24.9 Å². The van der Waals surface area contributed by atoms with Crippen LogP contribution in [-0.2, 0) is 13.0 Å². The van der Waals surface area contributed by atoms with Gasteiger partial charge in [-0.25, -0.2) is 0 Å². The van der Waals surface area contributed by atoms with Crippen LogP contribution in [0.1, 0.15) is 15.9 Å². The van der Waals surface area contributed by atoms with Crippen molar-refractivity contribution in [1.29, 1.82) is 0 Å². The minimum absolute atomic E-state index is 0.121. The Kier molecular flexibility index (Phi) is 6.53. The van der Waals surface area contributed by atoms with Gasteiger partial charge in [0.2, 0.25) is 0 Å². The SMILES string of the molecule is COc1cc(-c2ccc3c(c2)Nc2ccc(CCn4cccc(OC)c4=O)cc2NC3=O)ccc1[N+](=O)[O-]. The fourth-order valence-corrected chi connectivity index (χ4v) is 4.42. The van der Waals surface area contributed by atoms with Crippen LogP contribution in [0.5, 0.6) is 11.5 Å². The van der Waals surface area contributed by atoms with Crippen LogP contribution in [0.3, 0.4) is 0 Å². The molecule has 1 amide bonds. The van der Waals surface area contributed by atoms with Gasteiger partial charge in [0.15, 0.2) is 11.5 Å². The molecule has 38 heavy (non-hydrogen) atoms. The fraction of sp³-hybridized carbons (Fsp3) is 0.143. The Morgan fingerprint density at radius 3 is 2.37 bits per heavy atom. The van der Waals surface area contributed by atoms with Gasteiger partial charge in [-0.05, 0) is 71.6 Å². The smallest absolute Gasteiger partial charge is 0.310 e. The highest BCUT2D eigenvalue weighted by Crippen LogP contribution is 2.37. The zero-order chi connectivity index (χ0) is 26.8. The van der Waals surface area contributed by atoms with Gasteiger partial charge in [-0.2, -0.15) is 0 Å². The summed E-state index contributed by atoms with van der Waals surface area (Å²) in [6.45, 7) is 0.457. The molecule has 5 rings (SSSR count). The number of rotatable bonds is 7. The van der Waals surface area contributed by atoms with Gasteiger partial charge in [-0.1, -0.05) is 12.1 Å². The maximum Gasteiger partial charge on any atom is 0.310 e. The Morgan fingerprint density at radius 1 is 0.842 bits per heavy atom. The van der Waals surface area contributed by atoms with E-state index in [1.165, 1.54) is 20.3 Å².